The summed E-state index contributed by atoms with van der Waals surface area (Å²) >= 11 is 6.02. The van der Waals surface area contributed by atoms with Crippen molar-refractivity contribution in [3.05, 3.63) is 28.8 Å². The summed E-state index contributed by atoms with van der Waals surface area (Å²) in [5, 5.41) is 8.19. The molecule has 0 aromatic heterocycles. The highest BCUT2D eigenvalue weighted by Crippen LogP contribution is 2.20. The van der Waals surface area contributed by atoms with Crippen LogP contribution in [0, 0.1) is 0 Å². The molecule has 1 rings (SSSR count). The molecule has 128 valence electrons. The Balaban J connectivity index is 2.32. The lowest BCUT2D eigenvalue weighted by Crippen LogP contribution is -2.30. The van der Waals surface area contributed by atoms with Crippen LogP contribution < -0.4 is 16.0 Å². The summed E-state index contributed by atoms with van der Waals surface area (Å²) in [6.07, 6.45) is 2.93. The van der Waals surface area contributed by atoms with Crippen LogP contribution in [-0.2, 0) is 4.74 Å². The molecule has 0 unspecified atom stereocenters. The quantitative estimate of drug-likeness (QED) is 0.604. The van der Waals surface area contributed by atoms with Gasteiger partial charge in [0.15, 0.2) is 0 Å². The number of hydrogen-bond acceptors (Lipinski definition) is 3. The molecule has 7 heteroatoms. The van der Waals surface area contributed by atoms with Crippen molar-refractivity contribution >= 4 is 29.2 Å². The van der Waals surface area contributed by atoms with E-state index in [1.165, 1.54) is 7.05 Å². The molecule has 0 saturated heterocycles. The van der Waals surface area contributed by atoms with Crippen LogP contribution in [-0.4, -0.2) is 38.7 Å². The third-order valence-electron chi connectivity index (χ3n) is 3.09. The summed E-state index contributed by atoms with van der Waals surface area (Å²) in [7, 11) is 1.53. The summed E-state index contributed by atoms with van der Waals surface area (Å²) < 4.78 is 5.41. The van der Waals surface area contributed by atoms with Crippen molar-refractivity contribution in [1.29, 1.82) is 0 Å². The van der Waals surface area contributed by atoms with Gasteiger partial charge in [-0.05, 0) is 31.0 Å². The predicted octanol–water partition coefficient (Wildman–Crippen LogP) is 3.03. The Kier molecular flexibility index (Phi) is 9.09. The van der Waals surface area contributed by atoms with Crippen molar-refractivity contribution in [3.8, 4) is 0 Å². The van der Waals surface area contributed by atoms with E-state index in [0.717, 1.165) is 25.9 Å². The van der Waals surface area contributed by atoms with Crippen molar-refractivity contribution in [3.63, 3.8) is 0 Å². The van der Waals surface area contributed by atoms with E-state index in [1.807, 2.05) is 0 Å². The van der Waals surface area contributed by atoms with Crippen LogP contribution in [0.25, 0.3) is 0 Å². The molecule has 6 nitrogen and oxygen atoms in total. The lowest BCUT2D eigenvalue weighted by molar-refractivity contribution is 0.0963. The molecule has 1 aromatic rings. The zero-order valence-corrected chi connectivity index (χ0v) is 14.3. The van der Waals surface area contributed by atoms with E-state index >= 15 is 0 Å². The molecule has 0 atom stereocenters. The average Bonchev–Trinajstić information content (AvgIpc) is 2.53. The van der Waals surface area contributed by atoms with Gasteiger partial charge in [0, 0.05) is 32.5 Å². The number of hydrogen-bond donors (Lipinski definition) is 3. The highest BCUT2D eigenvalue weighted by Gasteiger charge is 2.10. The highest BCUT2D eigenvalue weighted by atomic mass is 35.5. The number of amides is 3. The predicted molar refractivity (Wildman–Crippen MR) is 92.2 cm³/mol. The molecule has 3 N–H and O–H groups in total. The topological polar surface area (TPSA) is 79.5 Å². The Morgan fingerprint density at radius 2 is 1.96 bits per heavy atom. The molecule has 0 heterocycles. The third-order valence-corrected chi connectivity index (χ3v) is 3.40. The zero-order valence-electron chi connectivity index (χ0n) is 13.6. The lowest BCUT2D eigenvalue weighted by Gasteiger charge is -2.09. The second-order valence-electron chi connectivity index (χ2n) is 4.97. The normalized spacial score (nSPS) is 10.2. The smallest absolute Gasteiger partial charge is 0.319 e. The maximum atomic E-state index is 11.7. The Hall–Kier alpha value is -1.79. The Bertz CT molecular complexity index is 523. The fraction of sp³-hybridized carbons (Fsp3) is 0.500. The van der Waals surface area contributed by atoms with Crippen LogP contribution in [0.4, 0.5) is 10.5 Å². The van der Waals surface area contributed by atoms with Gasteiger partial charge in [-0.3, -0.25) is 4.79 Å². The molecular weight excluding hydrogens is 318 g/mol. The first-order valence-corrected chi connectivity index (χ1v) is 8.10. The average molecular weight is 342 g/mol. The fourth-order valence-corrected chi connectivity index (χ4v) is 2.08. The second-order valence-corrected chi connectivity index (χ2v) is 5.38. The molecule has 0 fully saturated rings. The second kappa shape index (κ2) is 10.9. The number of carbonyl (C=O) groups excluding carboxylic acids is 2. The molecule has 3 amide bonds. The summed E-state index contributed by atoms with van der Waals surface area (Å²) in [5.74, 6) is -0.269. The zero-order chi connectivity index (χ0) is 17.1. The van der Waals surface area contributed by atoms with Crippen molar-refractivity contribution in [2.45, 2.75) is 26.2 Å². The van der Waals surface area contributed by atoms with E-state index in [-0.39, 0.29) is 17.0 Å². The van der Waals surface area contributed by atoms with E-state index in [4.69, 9.17) is 16.3 Å². The molecule has 0 aliphatic heterocycles. The maximum absolute atomic E-state index is 11.7. The molecule has 0 saturated carbocycles. The van der Waals surface area contributed by atoms with E-state index in [2.05, 4.69) is 22.9 Å². The minimum absolute atomic E-state index is 0.269. The van der Waals surface area contributed by atoms with Gasteiger partial charge in [0.05, 0.1) is 10.6 Å². The van der Waals surface area contributed by atoms with Gasteiger partial charge in [-0.2, -0.15) is 0 Å². The number of rotatable bonds is 9. The van der Waals surface area contributed by atoms with Crippen LogP contribution in [0.3, 0.4) is 0 Å². The number of anilines is 1. The van der Waals surface area contributed by atoms with E-state index < -0.39 is 0 Å². The molecule has 0 radical (unpaired) electrons. The van der Waals surface area contributed by atoms with E-state index in [0.29, 0.717) is 24.4 Å². The van der Waals surface area contributed by atoms with Gasteiger partial charge in [0.2, 0.25) is 0 Å². The Morgan fingerprint density at radius 1 is 1.22 bits per heavy atom. The third kappa shape index (κ3) is 7.34. The molecule has 0 aliphatic rings. The molecule has 23 heavy (non-hydrogen) atoms. The number of benzene rings is 1. The van der Waals surface area contributed by atoms with Gasteiger partial charge in [-0.25, -0.2) is 4.79 Å². The van der Waals surface area contributed by atoms with Crippen molar-refractivity contribution in [2.24, 2.45) is 0 Å². The van der Waals surface area contributed by atoms with Crippen molar-refractivity contribution < 1.29 is 14.3 Å². The van der Waals surface area contributed by atoms with Crippen molar-refractivity contribution in [1.82, 2.24) is 10.6 Å². The standard InChI is InChI=1S/C16H24ClN3O3/c1-3-4-9-23-10-5-8-19-16(22)20-12-6-7-13(14(17)11-12)15(21)18-2/h6-7,11H,3-5,8-10H2,1-2H3,(H,18,21)(H2,19,20,22). The molecule has 0 spiro atoms. The van der Waals surface area contributed by atoms with Crippen LogP contribution >= 0.6 is 11.6 Å². The van der Waals surface area contributed by atoms with Crippen LogP contribution in [0.5, 0.6) is 0 Å². The number of ether oxygens (including phenoxy) is 1. The first-order chi connectivity index (χ1) is 11.1. The molecular formula is C16H24ClN3O3. The SMILES string of the molecule is CCCCOCCCNC(=O)Nc1ccc(C(=O)NC)c(Cl)c1. The van der Waals surface area contributed by atoms with Crippen LogP contribution in [0.2, 0.25) is 5.02 Å². The van der Waals surface area contributed by atoms with Gasteiger partial charge < -0.3 is 20.7 Å². The lowest BCUT2D eigenvalue weighted by atomic mass is 10.2. The monoisotopic (exact) mass is 341 g/mol. The Labute approximate surface area is 141 Å². The highest BCUT2D eigenvalue weighted by molar-refractivity contribution is 6.34. The van der Waals surface area contributed by atoms with Gasteiger partial charge in [-0.1, -0.05) is 24.9 Å². The largest absolute Gasteiger partial charge is 0.381 e. The van der Waals surface area contributed by atoms with Crippen molar-refractivity contribution in [2.75, 3.05) is 32.1 Å². The number of carbonyl (C=O) groups is 2. The molecule has 0 bridgehead atoms. The molecule has 0 aliphatic carbocycles. The number of nitrogens with one attached hydrogen (secondary N) is 3. The van der Waals surface area contributed by atoms with E-state index in [9.17, 15) is 9.59 Å². The number of urea groups is 1. The first kappa shape index (κ1) is 19.3. The summed E-state index contributed by atoms with van der Waals surface area (Å²) in [6, 6.07) is 4.42. The van der Waals surface area contributed by atoms with Crippen LogP contribution in [0.1, 0.15) is 36.5 Å². The minimum Gasteiger partial charge on any atom is -0.381 e. The van der Waals surface area contributed by atoms with Crippen LogP contribution in [0.15, 0.2) is 18.2 Å². The number of halogens is 1. The van der Waals surface area contributed by atoms with Gasteiger partial charge in [-0.15, -0.1) is 0 Å². The van der Waals surface area contributed by atoms with Gasteiger partial charge in [0.25, 0.3) is 5.91 Å². The summed E-state index contributed by atoms with van der Waals surface area (Å²) in [6.45, 7) is 4.04. The van der Waals surface area contributed by atoms with Gasteiger partial charge >= 0.3 is 6.03 Å². The Morgan fingerprint density at radius 3 is 2.61 bits per heavy atom. The minimum atomic E-state index is -0.317. The number of unbranched alkanes of at least 4 members (excludes halogenated alkanes) is 1. The van der Waals surface area contributed by atoms with Gasteiger partial charge in [0.1, 0.15) is 0 Å². The summed E-state index contributed by atoms with van der Waals surface area (Å²) in [5.41, 5.74) is 0.892. The summed E-state index contributed by atoms with van der Waals surface area (Å²) in [4.78, 5) is 23.3. The first-order valence-electron chi connectivity index (χ1n) is 7.72. The fourth-order valence-electron chi connectivity index (χ4n) is 1.81. The maximum Gasteiger partial charge on any atom is 0.319 e. The molecule has 1 aromatic carbocycles. The van der Waals surface area contributed by atoms with E-state index in [1.54, 1.807) is 18.2 Å².